The third kappa shape index (κ3) is 4.14. The zero-order chi connectivity index (χ0) is 14.0. The van der Waals surface area contributed by atoms with Gasteiger partial charge in [0.25, 0.3) is 0 Å². The van der Waals surface area contributed by atoms with Crippen LogP contribution in [0, 0.1) is 0 Å². The van der Waals surface area contributed by atoms with Crippen LogP contribution in [0.25, 0.3) is 0 Å². The second-order valence-corrected chi connectivity index (χ2v) is 5.22. The van der Waals surface area contributed by atoms with Gasteiger partial charge in [-0.05, 0) is 12.8 Å². The number of alkyl halides is 7. The molecule has 1 rings (SSSR count). The van der Waals surface area contributed by atoms with E-state index in [1.165, 1.54) is 0 Å². The van der Waals surface area contributed by atoms with E-state index in [9.17, 15) is 26.3 Å². The third-order valence-corrected chi connectivity index (χ3v) is 4.36. The first-order chi connectivity index (χ1) is 8.11. The predicted molar refractivity (Wildman–Crippen MR) is 61.7 cm³/mol. The molecule has 1 nitrogen and oxygen atoms in total. The normalized spacial score (nSPS) is 21.3. The molecule has 0 unspecified atom stereocenters. The lowest BCUT2D eigenvalue weighted by molar-refractivity contribution is -0.344. The fourth-order valence-electron chi connectivity index (χ4n) is 2.05. The predicted octanol–water partition coefficient (Wildman–Crippen LogP) is 4.63. The molecule has 0 radical (unpaired) electrons. The Hall–Kier alpha value is 0.270. The molecule has 0 bridgehead atoms. The Balaban J connectivity index is 2.88. The molecule has 8 heteroatoms. The SMILES string of the molecule is FC(F)(F)C(OC1(CI)CCCCC1)C(F)(F)F. The van der Waals surface area contributed by atoms with Gasteiger partial charge in [-0.1, -0.05) is 41.9 Å². The van der Waals surface area contributed by atoms with Crippen molar-refractivity contribution in [3.8, 4) is 0 Å². The second-order valence-electron chi connectivity index (χ2n) is 4.46. The molecular formula is C10H13F6IO. The average molecular weight is 390 g/mol. The van der Waals surface area contributed by atoms with Crippen LogP contribution in [0.5, 0.6) is 0 Å². The summed E-state index contributed by atoms with van der Waals surface area (Å²) in [6, 6.07) is 0. The average Bonchev–Trinajstić information content (AvgIpc) is 2.24. The molecule has 0 spiro atoms. The molecule has 0 amide bonds. The van der Waals surface area contributed by atoms with Crippen LogP contribution < -0.4 is 0 Å². The fourth-order valence-corrected chi connectivity index (χ4v) is 2.99. The van der Waals surface area contributed by atoms with Gasteiger partial charge in [-0.2, -0.15) is 26.3 Å². The number of hydrogen-bond donors (Lipinski definition) is 0. The van der Waals surface area contributed by atoms with Crippen molar-refractivity contribution in [2.24, 2.45) is 0 Å². The summed E-state index contributed by atoms with van der Waals surface area (Å²) in [6.45, 7) is 0. The Labute approximate surface area is 114 Å². The van der Waals surface area contributed by atoms with E-state index in [0.717, 1.165) is 6.42 Å². The summed E-state index contributed by atoms with van der Waals surface area (Å²) in [5, 5.41) is 0. The molecule has 1 aliphatic rings. The maximum absolute atomic E-state index is 12.4. The van der Waals surface area contributed by atoms with Gasteiger partial charge < -0.3 is 4.74 Å². The Bertz CT molecular complexity index is 255. The first kappa shape index (κ1) is 16.3. The maximum Gasteiger partial charge on any atom is 0.423 e. The van der Waals surface area contributed by atoms with Gasteiger partial charge in [0.1, 0.15) is 0 Å². The molecule has 1 aliphatic carbocycles. The van der Waals surface area contributed by atoms with Gasteiger partial charge in [0.05, 0.1) is 5.60 Å². The molecular weight excluding hydrogens is 377 g/mol. The lowest BCUT2D eigenvalue weighted by Crippen LogP contribution is -2.52. The fraction of sp³-hybridized carbons (Fsp3) is 1.00. The molecule has 0 saturated heterocycles. The molecule has 0 aromatic rings. The minimum absolute atomic E-state index is 0.132. The number of hydrogen-bond acceptors (Lipinski definition) is 1. The molecule has 1 fully saturated rings. The highest BCUT2D eigenvalue weighted by molar-refractivity contribution is 14.1. The van der Waals surface area contributed by atoms with Gasteiger partial charge >= 0.3 is 12.4 Å². The molecule has 0 N–H and O–H groups in total. The van der Waals surface area contributed by atoms with Crippen LogP contribution in [-0.4, -0.2) is 28.5 Å². The highest BCUT2D eigenvalue weighted by Gasteiger charge is 2.60. The third-order valence-electron chi connectivity index (χ3n) is 2.97. The van der Waals surface area contributed by atoms with Crippen LogP contribution in [0.2, 0.25) is 0 Å². The first-order valence-corrected chi connectivity index (χ1v) is 7.00. The van der Waals surface area contributed by atoms with Crippen molar-refractivity contribution in [1.29, 1.82) is 0 Å². The zero-order valence-electron chi connectivity index (χ0n) is 9.37. The standard InChI is InChI=1S/C10H13F6IO/c11-9(12,13)7(10(14,15)16)18-8(6-17)4-2-1-3-5-8/h7H,1-6H2. The molecule has 0 aliphatic heterocycles. The van der Waals surface area contributed by atoms with Crippen molar-refractivity contribution in [1.82, 2.24) is 0 Å². The van der Waals surface area contributed by atoms with Crippen molar-refractivity contribution < 1.29 is 31.1 Å². The van der Waals surface area contributed by atoms with E-state index < -0.39 is 24.1 Å². The Morgan fingerprint density at radius 1 is 0.944 bits per heavy atom. The van der Waals surface area contributed by atoms with Crippen molar-refractivity contribution in [3.05, 3.63) is 0 Å². The lowest BCUT2D eigenvalue weighted by atomic mass is 9.86. The molecule has 18 heavy (non-hydrogen) atoms. The summed E-state index contributed by atoms with van der Waals surface area (Å²) in [6.07, 6.45) is -12.0. The minimum atomic E-state index is -5.42. The largest absolute Gasteiger partial charge is 0.423 e. The number of halogens is 7. The Kier molecular flexibility index (Phi) is 5.19. The summed E-state index contributed by atoms with van der Waals surface area (Å²) in [7, 11) is 0. The van der Waals surface area contributed by atoms with Gasteiger partial charge in [0.2, 0.25) is 6.10 Å². The van der Waals surface area contributed by atoms with Crippen molar-refractivity contribution >= 4 is 22.6 Å². The van der Waals surface area contributed by atoms with Crippen molar-refractivity contribution in [2.45, 2.75) is 56.2 Å². The molecule has 0 heterocycles. The minimum Gasteiger partial charge on any atom is -0.353 e. The van der Waals surface area contributed by atoms with Gasteiger partial charge in [-0.3, -0.25) is 0 Å². The van der Waals surface area contributed by atoms with Crippen LogP contribution in [0.4, 0.5) is 26.3 Å². The lowest BCUT2D eigenvalue weighted by Gasteiger charge is -2.39. The second kappa shape index (κ2) is 5.72. The summed E-state index contributed by atoms with van der Waals surface area (Å²) in [4.78, 5) is 0. The smallest absolute Gasteiger partial charge is 0.353 e. The van der Waals surface area contributed by atoms with E-state index in [1.807, 2.05) is 0 Å². The molecule has 0 aromatic carbocycles. The van der Waals surface area contributed by atoms with Gasteiger partial charge in [-0.25, -0.2) is 0 Å². The van der Waals surface area contributed by atoms with E-state index >= 15 is 0 Å². The quantitative estimate of drug-likeness (QED) is 0.388. The highest BCUT2D eigenvalue weighted by atomic mass is 127. The van der Waals surface area contributed by atoms with E-state index in [2.05, 4.69) is 4.74 Å². The highest BCUT2D eigenvalue weighted by Crippen LogP contribution is 2.42. The Morgan fingerprint density at radius 2 is 1.39 bits per heavy atom. The van der Waals surface area contributed by atoms with Crippen LogP contribution in [-0.2, 0) is 4.74 Å². The molecule has 0 aromatic heterocycles. The van der Waals surface area contributed by atoms with E-state index in [-0.39, 0.29) is 17.3 Å². The number of rotatable bonds is 3. The van der Waals surface area contributed by atoms with E-state index in [1.54, 1.807) is 22.6 Å². The van der Waals surface area contributed by atoms with Crippen LogP contribution in [0.15, 0.2) is 0 Å². The molecule has 0 atom stereocenters. The van der Waals surface area contributed by atoms with Gasteiger partial charge in [-0.15, -0.1) is 0 Å². The van der Waals surface area contributed by atoms with Gasteiger partial charge in [0.15, 0.2) is 0 Å². The van der Waals surface area contributed by atoms with Crippen LogP contribution >= 0.6 is 22.6 Å². The van der Waals surface area contributed by atoms with Crippen LogP contribution in [0.3, 0.4) is 0 Å². The monoisotopic (exact) mass is 390 g/mol. The first-order valence-electron chi connectivity index (χ1n) is 5.48. The van der Waals surface area contributed by atoms with Crippen molar-refractivity contribution in [3.63, 3.8) is 0 Å². The van der Waals surface area contributed by atoms with E-state index in [4.69, 9.17) is 0 Å². The zero-order valence-corrected chi connectivity index (χ0v) is 11.5. The summed E-state index contributed by atoms with van der Waals surface area (Å²) >= 11 is 1.79. The van der Waals surface area contributed by atoms with Crippen molar-refractivity contribution in [2.75, 3.05) is 4.43 Å². The summed E-state index contributed by atoms with van der Waals surface area (Å²) < 4.78 is 79.2. The summed E-state index contributed by atoms with van der Waals surface area (Å²) in [5.74, 6) is 0. The molecule has 1 saturated carbocycles. The molecule has 108 valence electrons. The number of ether oxygens (including phenoxy) is 1. The Morgan fingerprint density at radius 3 is 1.72 bits per heavy atom. The van der Waals surface area contributed by atoms with Crippen LogP contribution in [0.1, 0.15) is 32.1 Å². The summed E-state index contributed by atoms with van der Waals surface area (Å²) in [5.41, 5.74) is -1.30. The van der Waals surface area contributed by atoms with Gasteiger partial charge in [0, 0.05) is 4.43 Å². The van der Waals surface area contributed by atoms with E-state index in [0.29, 0.717) is 12.8 Å². The maximum atomic E-state index is 12.4. The topological polar surface area (TPSA) is 9.23 Å².